The zero-order valence-corrected chi connectivity index (χ0v) is 18.9. The Morgan fingerprint density at radius 1 is 1.09 bits per heavy atom. The van der Waals surface area contributed by atoms with Gasteiger partial charge in [-0.3, -0.25) is 9.62 Å². The lowest BCUT2D eigenvalue weighted by molar-refractivity contribution is 0.0321. The summed E-state index contributed by atoms with van der Waals surface area (Å²) in [5.41, 5.74) is 1.52. The lowest BCUT2D eigenvalue weighted by atomic mass is 10.2. The fourth-order valence-corrected chi connectivity index (χ4v) is 4.46. The van der Waals surface area contributed by atoms with Crippen molar-refractivity contribution in [3.8, 4) is 11.5 Å². The Kier molecular flexibility index (Phi) is 6.73. The molecule has 0 unspecified atom stereocenters. The van der Waals surface area contributed by atoms with Crippen molar-refractivity contribution >= 4 is 26.7 Å². The number of nitrogens with one attached hydrogen (secondary N) is 1. The molecule has 1 saturated heterocycles. The van der Waals surface area contributed by atoms with Crippen LogP contribution in [-0.2, 0) is 14.8 Å². The fourth-order valence-electron chi connectivity index (χ4n) is 3.43. The van der Waals surface area contributed by atoms with Crippen LogP contribution >= 0.6 is 0 Å². The number of fused-ring (bicyclic) bond motifs is 1. The zero-order chi connectivity index (χ0) is 22.6. The van der Waals surface area contributed by atoms with E-state index in [-0.39, 0.29) is 10.7 Å². The van der Waals surface area contributed by atoms with Gasteiger partial charge in [0.25, 0.3) is 10.0 Å². The van der Waals surface area contributed by atoms with Crippen LogP contribution in [0.15, 0.2) is 47.6 Å². The topological polar surface area (TPSA) is 103 Å². The summed E-state index contributed by atoms with van der Waals surface area (Å²) in [5, 5.41) is 0.514. The molecular formula is C22H26N4O5S. The molecule has 1 fully saturated rings. The van der Waals surface area contributed by atoms with Crippen molar-refractivity contribution in [2.45, 2.75) is 11.8 Å². The Morgan fingerprint density at radius 3 is 2.56 bits per heavy atom. The summed E-state index contributed by atoms with van der Waals surface area (Å²) < 4.78 is 45.0. The van der Waals surface area contributed by atoms with Crippen LogP contribution in [0.2, 0.25) is 0 Å². The second-order valence-electron chi connectivity index (χ2n) is 7.46. The van der Waals surface area contributed by atoms with E-state index in [0.29, 0.717) is 29.0 Å². The maximum atomic E-state index is 12.8. The predicted octanol–water partition coefficient (Wildman–Crippen LogP) is 2.46. The molecule has 9 nitrogen and oxygen atoms in total. The second kappa shape index (κ2) is 9.68. The molecule has 1 aliphatic rings. The minimum atomic E-state index is -3.81. The molecule has 3 aromatic rings. The van der Waals surface area contributed by atoms with E-state index in [0.717, 1.165) is 38.4 Å². The van der Waals surface area contributed by atoms with Crippen molar-refractivity contribution in [1.82, 2.24) is 14.9 Å². The number of hydrogen-bond acceptors (Lipinski definition) is 8. The van der Waals surface area contributed by atoms with Crippen molar-refractivity contribution < 1.29 is 22.6 Å². The van der Waals surface area contributed by atoms with Crippen LogP contribution in [0.1, 0.15) is 5.56 Å². The first kappa shape index (κ1) is 22.3. The monoisotopic (exact) mass is 458 g/mol. The van der Waals surface area contributed by atoms with Gasteiger partial charge in [0.15, 0.2) is 17.3 Å². The molecule has 32 heavy (non-hydrogen) atoms. The van der Waals surface area contributed by atoms with Crippen LogP contribution in [0.5, 0.6) is 11.5 Å². The van der Waals surface area contributed by atoms with Crippen LogP contribution < -0.4 is 14.2 Å². The van der Waals surface area contributed by atoms with Crippen LogP contribution in [0.25, 0.3) is 10.9 Å². The number of methoxy groups -OCH3 is 1. The Balaban J connectivity index is 1.56. The molecule has 0 saturated carbocycles. The first-order valence-electron chi connectivity index (χ1n) is 10.3. The number of benzene rings is 2. The van der Waals surface area contributed by atoms with Gasteiger partial charge in [-0.05, 0) is 25.1 Å². The maximum Gasteiger partial charge on any atom is 0.263 e. The van der Waals surface area contributed by atoms with Gasteiger partial charge in [0.05, 0.1) is 30.7 Å². The van der Waals surface area contributed by atoms with Crippen LogP contribution in [-0.4, -0.2) is 69.9 Å². The third-order valence-electron chi connectivity index (χ3n) is 5.25. The normalized spacial score (nSPS) is 14.9. The van der Waals surface area contributed by atoms with E-state index in [1.165, 1.54) is 13.4 Å². The molecule has 10 heteroatoms. The van der Waals surface area contributed by atoms with Crippen LogP contribution in [0.3, 0.4) is 0 Å². The summed E-state index contributed by atoms with van der Waals surface area (Å²) in [7, 11) is -2.27. The highest BCUT2D eigenvalue weighted by Gasteiger charge is 2.19. The van der Waals surface area contributed by atoms with Gasteiger partial charge in [-0.1, -0.05) is 17.7 Å². The zero-order valence-electron chi connectivity index (χ0n) is 18.1. The number of hydrogen-bond donors (Lipinski definition) is 1. The fraction of sp³-hybridized carbons (Fsp3) is 0.364. The molecule has 0 amide bonds. The highest BCUT2D eigenvalue weighted by atomic mass is 32.2. The van der Waals surface area contributed by atoms with Gasteiger partial charge in [-0.15, -0.1) is 0 Å². The van der Waals surface area contributed by atoms with E-state index >= 15 is 0 Å². The molecule has 0 spiro atoms. The summed E-state index contributed by atoms with van der Waals surface area (Å²) in [5.74, 6) is 1.19. The number of rotatable bonds is 8. The van der Waals surface area contributed by atoms with Crippen molar-refractivity contribution in [2.24, 2.45) is 0 Å². The standard InChI is InChI=1S/C22H26N4O5S/c1-16-3-5-17(6-4-16)32(27,28)25-22-18-13-20(29-2)21(14-19(18)23-15-24-22)31-12-9-26-7-10-30-11-8-26/h3-6,13-15H,7-12H2,1-2H3,(H,23,24,25). The second-order valence-corrected chi connectivity index (χ2v) is 9.15. The van der Waals surface area contributed by atoms with E-state index in [9.17, 15) is 8.42 Å². The third-order valence-corrected chi connectivity index (χ3v) is 6.61. The molecule has 2 heterocycles. The molecular weight excluding hydrogens is 432 g/mol. The number of aryl methyl sites for hydroxylation is 1. The summed E-state index contributed by atoms with van der Waals surface area (Å²) in [4.78, 5) is 10.9. The molecule has 1 aliphatic heterocycles. The molecule has 0 radical (unpaired) electrons. The molecule has 0 aliphatic carbocycles. The lowest BCUT2D eigenvalue weighted by Gasteiger charge is -2.26. The maximum absolute atomic E-state index is 12.8. The summed E-state index contributed by atoms with van der Waals surface area (Å²) in [6, 6.07) is 10.0. The van der Waals surface area contributed by atoms with Crippen LogP contribution in [0, 0.1) is 6.92 Å². The van der Waals surface area contributed by atoms with Gasteiger partial charge in [-0.2, -0.15) is 0 Å². The van der Waals surface area contributed by atoms with Gasteiger partial charge < -0.3 is 14.2 Å². The van der Waals surface area contributed by atoms with Gasteiger partial charge >= 0.3 is 0 Å². The van der Waals surface area contributed by atoms with Gasteiger partial charge in [0.2, 0.25) is 0 Å². The Labute approximate surface area is 187 Å². The van der Waals surface area contributed by atoms with Crippen molar-refractivity contribution in [3.05, 3.63) is 48.3 Å². The number of aromatic nitrogens is 2. The molecule has 0 atom stereocenters. The number of nitrogens with zero attached hydrogens (tertiary/aromatic N) is 3. The van der Waals surface area contributed by atoms with E-state index in [1.807, 2.05) is 6.92 Å². The first-order valence-corrected chi connectivity index (χ1v) is 11.8. The molecule has 2 aromatic carbocycles. The average Bonchev–Trinajstić information content (AvgIpc) is 2.79. The van der Waals surface area contributed by atoms with Gasteiger partial charge in [-0.25, -0.2) is 18.4 Å². The SMILES string of the molecule is COc1cc2c(NS(=O)(=O)c3ccc(C)cc3)ncnc2cc1OCCN1CCOCC1. The molecule has 1 N–H and O–H groups in total. The summed E-state index contributed by atoms with van der Waals surface area (Å²) in [6.07, 6.45) is 1.32. The van der Waals surface area contributed by atoms with Gasteiger partial charge in [0, 0.05) is 31.1 Å². The minimum Gasteiger partial charge on any atom is -0.493 e. The van der Waals surface area contributed by atoms with Crippen LogP contribution in [0.4, 0.5) is 5.82 Å². The number of anilines is 1. The smallest absolute Gasteiger partial charge is 0.263 e. The van der Waals surface area contributed by atoms with Crippen molar-refractivity contribution in [2.75, 3.05) is 51.3 Å². The van der Waals surface area contributed by atoms with Gasteiger partial charge in [0.1, 0.15) is 12.9 Å². The Bertz CT molecular complexity index is 1180. The van der Waals surface area contributed by atoms with E-state index in [2.05, 4.69) is 19.6 Å². The predicted molar refractivity (Wildman–Crippen MR) is 121 cm³/mol. The number of sulfonamides is 1. The molecule has 0 bridgehead atoms. The molecule has 170 valence electrons. The third kappa shape index (κ3) is 5.09. The highest BCUT2D eigenvalue weighted by molar-refractivity contribution is 7.92. The average molecular weight is 459 g/mol. The minimum absolute atomic E-state index is 0.157. The number of morpholine rings is 1. The Hall–Kier alpha value is -2.95. The molecule has 1 aromatic heterocycles. The Morgan fingerprint density at radius 2 is 1.84 bits per heavy atom. The van der Waals surface area contributed by atoms with E-state index < -0.39 is 10.0 Å². The summed E-state index contributed by atoms with van der Waals surface area (Å²) >= 11 is 0. The molecule has 4 rings (SSSR count). The van der Waals surface area contributed by atoms with E-state index in [1.54, 1.807) is 36.4 Å². The largest absolute Gasteiger partial charge is 0.493 e. The lowest BCUT2D eigenvalue weighted by Crippen LogP contribution is -2.38. The quantitative estimate of drug-likeness (QED) is 0.549. The van der Waals surface area contributed by atoms with Crippen molar-refractivity contribution in [3.63, 3.8) is 0 Å². The number of ether oxygens (including phenoxy) is 3. The first-order chi connectivity index (χ1) is 15.5. The summed E-state index contributed by atoms with van der Waals surface area (Å²) in [6.45, 7) is 6.39. The van der Waals surface area contributed by atoms with Crippen molar-refractivity contribution in [1.29, 1.82) is 0 Å². The highest BCUT2D eigenvalue weighted by Crippen LogP contribution is 2.34. The van der Waals surface area contributed by atoms with E-state index in [4.69, 9.17) is 14.2 Å².